The Morgan fingerprint density at radius 3 is 3.00 bits per heavy atom. The summed E-state index contributed by atoms with van der Waals surface area (Å²) in [6, 6.07) is 1.95. The average molecular weight is 279 g/mol. The quantitative estimate of drug-likeness (QED) is 0.862. The van der Waals surface area contributed by atoms with Gasteiger partial charge in [0.15, 0.2) is 0 Å². The molecule has 0 atom stereocenters. The average Bonchev–Trinajstić information content (AvgIpc) is 2.77. The SMILES string of the molecule is CCC(=CCN1C(=O)CCCc2sccc21)C(=O)O. The Balaban J connectivity index is 2.23. The van der Waals surface area contributed by atoms with Crippen LogP contribution >= 0.6 is 11.3 Å². The summed E-state index contributed by atoms with van der Waals surface area (Å²) in [7, 11) is 0. The van der Waals surface area contributed by atoms with Gasteiger partial charge < -0.3 is 10.0 Å². The van der Waals surface area contributed by atoms with Crippen LogP contribution in [-0.2, 0) is 16.0 Å². The van der Waals surface area contributed by atoms with Crippen LogP contribution in [0.4, 0.5) is 5.69 Å². The maximum atomic E-state index is 12.1. The summed E-state index contributed by atoms with van der Waals surface area (Å²) in [5.74, 6) is -0.829. The molecule has 102 valence electrons. The molecule has 2 rings (SSSR count). The first kappa shape index (κ1) is 13.8. The number of amides is 1. The zero-order chi connectivity index (χ0) is 13.8. The lowest BCUT2D eigenvalue weighted by atomic mass is 10.2. The van der Waals surface area contributed by atoms with E-state index in [9.17, 15) is 9.59 Å². The maximum absolute atomic E-state index is 12.1. The fourth-order valence-electron chi connectivity index (χ4n) is 2.22. The Bertz CT molecular complexity index is 519. The third-order valence-electron chi connectivity index (χ3n) is 3.28. The molecule has 1 aliphatic heterocycles. The number of fused-ring (bicyclic) bond motifs is 1. The summed E-state index contributed by atoms with van der Waals surface area (Å²) in [6.07, 6.45) is 4.44. The molecule has 5 heteroatoms. The van der Waals surface area contributed by atoms with Gasteiger partial charge in [-0.05, 0) is 30.7 Å². The maximum Gasteiger partial charge on any atom is 0.331 e. The number of nitrogens with zero attached hydrogens (tertiary/aromatic N) is 1. The second-order valence-electron chi connectivity index (χ2n) is 4.47. The first-order valence-corrected chi connectivity index (χ1v) is 7.30. The molecule has 0 spiro atoms. The van der Waals surface area contributed by atoms with Crippen molar-refractivity contribution < 1.29 is 14.7 Å². The van der Waals surface area contributed by atoms with Gasteiger partial charge in [0.25, 0.3) is 0 Å². The van der Waals surface area contributed by atoms with Gasteiger partial charge in [-0.1, -0.05) is 13.0 Å². The first-order chi connectivity index (χ1) is 9.13. The van der Waals surface area contributed by atoms with E-state index in [1.54, 1.807) is 29.2 Å². The van der Waals surface area contributed by atoms with Crippen LogP contribution < -0.4 is 4.90 Å². The number of aryl methyl sites for hydroxylation is 1. The van der Waals surface area contributed by atoms with E-state index in [4.69, 9.17) is 5.11 Å². The zero-order valence-corrected chi connectivity index (χ0v) is 11.7. The molecular weight excluding hydrogens is 262 g/mol. The van der Waals surface area contributed by atoms with E-state index < -0.39 is 5.97 Å². The topological polar surface area (TPSA) is 57.6 Å². The summed E-state index contributed by atoms with van der Waals surface area (Å²) in [6.45, 7) is 2.15. The van der Waals surface area contributed by atoms with E-state index in [1.807, 2.05) is 11.4 Å². The van der Waals surface area contributed by atoms with E-state index in [0.717, 1.165) is 18.5 Å². The normalized spacial score (nSPS) is 16.2. The van der Waals surface area contributed by atoms with E-state index in [2.05, 4.69) is 0 Å². The van der Waals surface area contributed by atoms with Crippen molar-refractivity contribution in [3.05, 3.63) is 28.0 Å². The van der Waals surface area contributed by atoms with Crippen molar-refractivity contribution in [2.24, 2.45) is 0 Å². The number of carbonyl (C=O) groups is 2. The molecule has 2 heterocycles. The number of thiophene rings is 1. The molecule has 1 aromatic rings. The summed E-state index contributed by atoms with van der Waals surface area (Å²) >= 11 is 1.66. The number of carbonyl (C=O) groups excluding carboxylic acids is 1. The highest BCUT2D eigenvalue weighted by molar-refractivity contribution is 7.10. The van der Waals surface area contributed by atoms with Gasteiger partial charge in [0, 0.05) is 23.4 Å². The van der Waals surface area contributed by atoms with E-state index in [0.29, 0.717) is 25.0 Å². The Hall–Kier alpha value is -1.62. The van der Waals surface area contributed by atoms with E-state index in [-0.39, 0.29) is 5.91 Å². The van der Waals surface area contributed by atoms with Crippen molar-refractivity contribution in [2.45, 2.75) is 32.6 Å². The molecule has 0 aromatic carbocycles. The summed E-state index contributed by atoms with van der Waals surface area (Å²) in [4.78, 5) is 26.0. The smallest absolute Gasteiger partial charge is 0.331 e. The molecule has 0 aliphatic carbocycles. The molecule has 0 unspecified atom stereocenters. The van der Waals surface area contributed by atoms with Gasteiger partial charge in [0.2, 0.25) is 5.91 Å². The van der Waals surface area contributed by atoms with Crippen molar-refractivity contribution in [1.29, 1.82) is 0 Å². The van der Waals surface area contributed by atoms with Gasteiger partial charge in [-0.25, -0.2) is 4.79 Å². The number of hydrogen-bond donors (Lipinski definition) is 1. The van der Waals surface area contributed by atoms with Crippen LogP contribution in [0.3, 0.4) is 0 Å². The molecule has 1 N–H and O–H groups in total. The highest BCUT2D eigenvalue weighted by Crippen LogP contribution is 2.31. The van der Waals surface area contributed by atoms with Crippen LogP contribution in [0.5, 0.6) is 0 Å². The summed E-state index contributed by atoms with van der Waals surface area (Å²) < 4.78 is 0. The minimum Gasteiger partial charge on any atom is -0.478 e. The van der Waals surface area contributed by atoms with Crippen LogP contribution in [0.25, 0.3) is 0 Å². The number of anilines is 1. The summed E-state index contributed by atoms with van der Waals surface area (Å²) in [5.41, 5.74) is 1.30. The van der Waals surface area contributed by atoms with Crippen molar-refractivity contribution in [3.8, 4) is 0 Å². The third-order valence-corrected chi connectivity index (χ3v) is 4.25. The van der Waals surface area contributed by atoms with Crippen LogP contribution in [0.2, 0.25) is 0 Å². The second kappa shape index (κ2) is 6.02. The number of aliphatic carboxylic acids is 1. The van der Waals surface area contributed by atoms with Gasteiger partial charge in [-0.3, -0.25) is 4.79 Å². The number of hydrogen-bond acceptors (Lipinski definition) is 3. The van der Waals surface area contributed by atoms with Crippen molar-refractivity contribution in [1.82, 2.24) is 0 Å². The molecule has 0 saturated carbocycles. The molecule has 0 radical (unpaired) electrons. The second-order valence-corrected chi connectivity index (χ2v) is 5.48. The number of rotatable bonds is 4. The van der Waals surface area contributed by atoms with Gasteiger partial charge in [-0.15, -0.1) is 11.3 Å². The molecule has 1 aliphatic rings. The zero-order valence-electron chi connectivity index (χ0n) is 10.9. The van der Waals surface area contributed by atoms with Gasteiger partial charge in [-0.2, -0.15) is 0 Å². The first-order valence-electron chi connectivity index (χ1n) is 6.42. The predicted molar refractivity (Wildman–Crippen MR) is 75.6 cm³/mol. The highest BCUT2D eigenvalue weighted by Gasteiger charge is 2.22. The van der Waals surface area contributed by atoms with Gasteiger partial charge in [0.1, 0.15) is 0 Å². The Morgan fingerprint density at radius 2 is 2.32 bits per heavy atom. The number of carboxylic acids is 1. The Labute approximate surface area is 116 Å². The van der Waals surface area contributed by atoms with Crippen molar-refractivity contribution >= 4 is 28.9 Å². The van der Waals surface area contributed by atoms with Crippen molar-refractivity contribution in [3.63, 3.8) is 0 Å². The third kappa shape index (κ3) is 3.04. The molecular formula is C14H17NO3S. The molecule has 1 amide bonds. The molecule has 0 saturated heterocycles. The lowest BCUT2D eigenvalue weighted by molar-refractivity contribution is -0.132. The molecule has 0 fully saturated rings. The Morgan fingerprint density at radius 1 is 1.53 bits per heavy atom. The predicted octanol–water partition coefficient (Wildman–Crippen LogP) is 2.84. The van der Waals surface area contributed by atoms with Crippen LogP contribution in [0.15, 0.2) is 23.1 Å². The molecule has 4 nitrogen and oxygen atoms in total. The standard InChI is InChI=1S/C14H17NO3S/c1-2-10(14(17)18)6-8-15-11-7-9-19-12(11)4-3-5-13(15)16/h6-7,9H,2-5,8H2,1H3,(H,17,18). The van der Waals surface area contributed by atoms with Crippen LogP contribution in [-0.4, -0.2) is 23.5 Å². The summed E-state index contributed by atoms with van der Waals surface area (Å²) in [5, 5.41) is 11.0. The molecule has 0 bridgehead atoms. The lowest BCUT2D eigenvalue weighted by Crippen LogP contribution is -2.30. The Kier molecular flexibility index (Phi) is 4.37. The van der Waals surface area contributed by atoms with Crippen molar-refractivity contribution in [2.75, 3.05) is 11.4 Å². The van der Waals surface area contributed by atoms with Gasteiger partial charge >= 0.3 is 5.97 Å². The molecule has 19 heavy (non-hydrogen) atoms. The minimum atomic E-state index is -0.907. The van der Waals surface area contributed by atoms with E-state index >= 15 is 0 Å². The largest absolute Gasteiger partial charge is 0.478 e. The minimum absolute atomic E-state index is 0.0780. The van der Waals surface area contributed by atoms with Gasteiger partial charge in [0.05, 0.1) is 5.69 Å². The highest BCUT2D eigenvalue weighted by atomic mass is 32.1. The fraction of sp³-hybridized carbons (Fsp3) is 0.429. The number of carboxylic acid groups (broad SMARTS) is 1. The monoisotopic (exact) mass is 279 g/mol. The van der Waals surface area contributed by atoms with Crippen LogP contribution in [0, 0.1) is 0 Å². The lowest BCUT2D eigenvalue weighted by Gasteiger charge is -2.19. The fourth-order valence-corrected chi connectivity index (χ4v) is 3.14. The van der Waals surface area contributed by atoms with Crippen LogP contribution in [0.1, 0.15) is 31.1 Å². The van der Waals surface area contributed by atoms with E-state index in [1.165, 1.54) is 4.88 Å². The molecule has 1 aromatic heterocycles.